The largest absolute Gasteiger partial charge is 0.349 e. The summed E-state index contributed by atoms with van der Waals surface area (Å²) in [4.78, 5) is 21.1. The average molecular weight is 417 g/mol. The molecule has 1 fully saturated rings. The molecule has 0 saturated heterocycles. The molecule has 1 saturated carbocycles. The number of hydrogen-bond acceptors (Lipinski definition) is 4. The van der Waals surface area contributed by atoms with Crippen LogP contribution in [0.25, 0.3) is 28.2 Å². The maximum absolute atomic E-state index is 12.2. The third kappa shape index (κ3) is 3.51. The summed E-state index contributed by atoms with van der Waals surface area (Å²) >= 11 is 0. The van der Waals surface area contributed by atoms with Crippen LogP contribution in [-0.4, -0.2) is 30.5 Å². The molecule has 3 N–H and O–H groups in total. The second-order valence-corrected chi connectivity index (χ2v) is 8.24. The minimum Gasteiger partial charge on any atom is -0.349 e. The molecule has 8 heteroatoms. The minimum atomic E-state index is -1.79. The fraction of sp³-hybridized carbons (Fsp3) is 0.136. The van der Waals surface area contributed by atoms with E-state index in [2.05, 4.69) is 15.3 Å². The first-order chi connectivity index (χ1) is 14.6. The molecule has 0 aliphatic heterocycles. The van der Waals surface area contributed by atoms with E-state index in [1.807, 2.05) is 53.1 Å². The van der Waals surface area contributed by atoms with Gasteiger partial charge in [0.05, 0.1) is 17.6 Å². The summed E-state index contributed by atoms with van der Waals surface area (Å²) in [6, 6.07) is 17.3. The van der Waals surface area contributed by atoms with Gasteiger partial charge in [-0.05, 0) is 25.0 Å². The van der Waals surface area contributed by atoms with Gasteiger partial charge in [-0.25, -0.2) is 19.3 Å². The molecule has 0 bridgehead atoms. The highest BCUT2D eigenvalue weighted by atomic mass is 32.2. The van der Waals surface area contributed by atoms with Crippen molar-refractivity contribution in [2.75, 3.05) is 0 Å². The molecule has 1 aliphatic rings. The molecule has 1 atom stereocenters. The Morgan fingerprint density at radius 1 is 1.07 bits per heavy atom. The Kier molecular flexibility index (Phi) is 4.65. The molecule has 7 nitrogen and oxygen atoms in total. The molecule has 5 rings (SSSR count). The zero-order valence-corrected chi connectivity index (χ0v) is 16.8. The molecule has 150 valence electrons. The van der Waals surface area contributed by atoms with Gasteiger partial charge in [-0.1, -0.05) is 42.5 Å². The lowest BCUT2D eigenvalue weighted by atomic mass is 10.1. The minimum absolute atomic E-state index is 0.0569. The van der Waals surface area contributed by atoms with Crippen LogP contribution in [0.15, 0.2) is 72.0 Å². The zero-order chi connectivity index (χ0) is 20.7. The summed E-state index contributed by atoms with van der Waals surface area (Å²) in [5.74, 6) is -0.0569. The van der Waals surface area contributed by atoms with Gasteiger partial charge in [0.1, 0.15) is 11.0 Å². The molecular weight excluding hydrogens is 398 g/mol. The number of carbonyl (C=O) groups is 1. The summed E-state index contributed by atoms with van der Waals surface area (Å²) in [7, 11) is -1.79. The van der Waals surface area contributed by atoms with Gasteiger partial charge < -0.3 is 5.32 Å². The number of imidazole rings is 1. The summed E-state index contributed by atoms with van der Waals surface area (Å²) in [6.07, 6.45) is 5.65. The molecule has 2 aromatic carbocycles. The molecule has 0 spiro atoms. The van der Waals surface area contributed by atoms with Gasteiger partial charge in [0.15, 0.2) is 10.7 Å². The Morgan fingerprint density at radius 3 is 2.47 bits per heavy atom. The first-order valence-electron chi connectivity index (χ1n) is 9.61. The Morgan fingerprint density at radius 2 is 1.80 bits per heavy atom. The van der Waals surface area contributed by atoms with Gasteiger partial charge >= 0.3 is 0 Å². The van der Waals surface area contributed by atoms with Crippen LogP contribution in [0.1, 0.15) is 23.2 Å². The van der Waals surface area contributed by atoms with Gasteiger partial charge in [0.2, 0.25) is 0 Å². The molecular formula is C22H19N5O2S. The van der Waals surface area contributed by atoms with E-state index in [0.29, 0.717) is 22.9 Å². The fourth-order valence-electron chi connectivity index (χ4n) is 3.35. The second kappa shape index (κ2) is 7.47. The van der Waals surface area contributed by atoms with E-state index in [-0.39, 0.29) is 10.9 Å². The number of carbonyl (C=O) groups excluding carboxylic acids is 1. The summed E-state index contributed by atoms with van der Waals surface area (Å²) < 4.78 is 14.0. The first-order valence-corrected chi connectivity index (χ1v) is 10.8. The van der Waals surface area contributed by atoms with Crippen LogP contribution in [0.3, 0.4) is 0 Å². The van der Waals surface area contributed by atoms with Gasteiger partial charge in [-0.2, -0.15) is 0 Å². The first kappa shape index (κ1) is 18.7. The highest BCUT2D eigenvalue weighted by Gasteiger charge is 2.24. The van der Waals surface area contributed by atoms with Gasteiger partial charge in [0, 0.05) is 28.9 Å². The van der Waals surface area contributed by atoms with Gasteiger partial charge in [-0.15, -0.1) is 0 Å². The predicted molar refractivity (Wildman–Crippen MR) is 115 cm³/mol. The van der Waals surface area contributed by atoms with Crippen molar-refractivity contribution in [2.45, 2.75) is 23.9 Å². The number of benzene rings is 2. The van der Waals surface area contributed by atoms with Crippen molar-refractivity contribution in [3.05, 3.63) is 72.6 Å². The fourth-order valence-corrected chi connectivity index (χ4v) is 3.86. The lowest BCUT2D eigenvalue weighted by molar-refractivity contribution is 0.0951. The molecule has 1 unspecified atom stereocenters. The van der Waals surface area contributed by atoms with E-state index in [1.165, 1.54) is 0 Å². The number of hydrogen-bond donors (Lipinski definition) is 2. The van der Waals surface area contributed by atoms with Gasteiger partial charge in [0.25, 0.3) is 5.91 Å². The number of fused-ring (bicyclic) bond motifs is 1. The molecule has 0 radical (unpaired) electrons. The van der Waals surface area contributed by atoms with Crippen LogP contribution in [0.5, 0.6) is 0 Å². The molecule has 2 aromatic heterocycles. The van der Waals surface area contributed by atoms with E-state index >= 15 is 0 Å². The summed E-state index contributed by atoms with van der Waals surface area (Å²) in [5.41, 5.74) is 4.28. The number of nitrogens with two attached hydrogens (primary N) is 1. The SMILES string of the molecule is NS(=O)c1nc(-c2ccccc2)cn2c(-c3ccc(C(=O)NC4CC4)cc3)cnc12. The van der Waals surface area contributed by atoms with Crippen LogP contribution in [0.2, 0.25) is 0 Å². The van der Waals surface area contributed by atoms with Crippen molar-refractivity contribution < 1.29 is 9.00 Å². The Balaban J connectivity index is 1.58. The highest BCUT2D eigenvalue weighted by molar-refractivity contribution is 7.82. The summed E-state index contributed by atoms with van der Waals surface area (Å²) in [5, 5.41) is 8.90. The maximum atomic E-state index is 12.2. The lowest BCUT2D eigenvalue weighted by Gasteiger charge is -2.09. The van der Waals surface area contributed by atoms with Crippen molar-refractivity contribution >= 4 is 22.5 Å². The van der Waals surface area contributed by atoms with E-state index in [1.54, 1.807) is 18.3 Å². The van der Waals surface area contributed by atoms with Crippen LogP contribution in [0, 0.1) is 0 Å². The van der Waals surface area contributed by atoms with Crippen molar-refractivity contribution in [1.29, 1.82) is 0 Å². The Hall–Kier alpha value is -3.36. The predicted octanol–water partition coefficient (Wildman–Crippen LogP) is 2.94. The number of nitrogens with zero attached hydrogens (tertiary/aromatic N) is 3. The molecule has 1 amide bonds. The normalized spacial score (nSPS) is 14.6. The van der Waals surface area contributed by atoms with E-state index in [9.17, 15) is 9.00 Å². The lowest BCUT2D eigenvalue weighted by Crippen LogP contribution is -2.25. The number of nitrogens with one attached hydrogen (secondary N) is 1. The smallest absolute Gasteiger partial charge is 0.251 e. The number of rotatable bonds is 5. The highest BCUT2D eigenvalue weighted by Crippen LogP contribution is 2.27. The maximum Gasteiger partial charge on any atom is 0.251 e. The van der Waals surface area contributed by atoms with Crippen LogP contribution in [0.4, 0.5) is 0 Å². The Bertz CT molecular complexity index is 1260. The third-order valence-electron chi connectivity index (χ3n) is 5.08. The average Bonchev–Trinajstić information content (AvgIpc) is 3.49. The van der Waals surface area contributed by atoms with Crippen LogP contribution < -0.4 is 10.5 Å². The molecule has 4 aromatic rings. The standard InChI is InChI=1S/C22H19N5O2S/c23-30(29)22-20-24-12-19(27(20)13-18(26-22)14-4-2-1-3-5-14)15-6-8-16(9-7-15)21(28)25-17-10-11-17/h1-9,12-13,17H,10-11,23H2,(H,25,28). The van der Waals surface area contributed by atoms with Crippen molar-refractivity contribution in [3.8, 4) is 22.5 Å². The molecule has 1 aliphatic carbocycles. The molecule has 30 heavy (non-hydrogen) atoms. The second-order valence-electron chi connectivity index (χ2n) is 7.26. The van der Waals surface area contributed by atoms with E-state index in [4.69, 9.17) is 5.14 Å². The Labute approximate surface area is 175 Å². The third-order valence-corrected chi connectivity index (χ3v) is 5.73. The van der Waals surface area contributed by atoms with Gasteiger partial charge in [-0.3, -0.25) is 9.20 Å². The topological polar surface area (TPSA) is 102 Å². The monoisotopic (exact) mass is 417 g/mol. The number of aromatic nitrogens is 3. The van der Waals surface area contributed by atoms with Crippen LogP contribution >= 0.6 is 0 Å². The molecule has 2 heterocycles. The zero-order valence-electron chi connectivity index (χ0n) is 16.0. The van der Waals surface area contributed by atoms with Crippen molar-refractivity contribution in [1.82, 2.24) is 19.7 Å². The summed E-state index contributed by atoms with van der Waals surface area (Å²) in [6.45, 7) is 0. The quantitative estimate of drug-likeness (QED) is 0.521. The number of amides is 1. The van der Waals surface area contributed by atoms with Crippen molar-refractivity contribution in [2.24, 2.45) is 5.14 Å². The van der Waals surface area contributed by atoms with E-state index in [0.717, 1.165) is 29.7 Å². The van der Waals surface area contributed by atoms with E-state index < -0.39 is 11.0 Å². The van der Waals surface area contributed by atoms with Crippen molar-refractivity contribution in [3.63, 3.8) is 0 Å². The van der Waals surface area contributed by atoms with Crippen LogP contribution in [-0.2, 0) is 11.0 Å².